The standard InChI is InChI=1S/C21H27N7O.HI/c1-3-19-26-25-16-28(19)13-11-23-21(22-2)24-14-17-7-9-18(10-8-17)15-27-12-5-4-6-20(27)29;/h4-10,12,16H,3,11,13-15H2,1-2H3,(H2,22,23,24);1H. The van der Waals surface area contributed by atoms with Crippen LogP contribution in [0.15, 0.2) is 64.8 Å². The van der Waals surface area contributed by atoms with Gasteiger partial charge < -0.3 is 19.8 Å². The summed E-state index contributed by atoms with van der Waals surface area (Å²) < 4.78 is 3.73. The van der Waals surface area contributed by atoms with Crippen molar-refractivity contribution in [3.8, 4) is 0 Å². The van der Waals surface area contributed by atoms with Gasteiger partial charge in [-0.15, -0.1) is 34.2 Å². The van der Waals surface area contributed by atoms with E-state index in [1.54, 1.807) is 36.3 Å². The lowest BCUT2D eigenvalue weighted by molar-refractivity contribution is 0.632. The van der Waals surface area contributed by atoms with Gasteiger partial charge in [0.1, 0.15) is 12.2 Å². The molecule has 1 aromatic carbocycles. The summed E-state index contributed by atoms with van der Waals surface area (Å²) in [5.41, 5.74) is 2.24. The minimum absolute atomic E-state index is 0. The van der Waals surface area contributed by atoms with Gasteiger partial charge in [0.05, 0.1) is 6.54 Å². The maximum absolute atomic E-state index is 11.8. The summed E-state index contributed by atoms with van der Waals surface area (Å²) in [6.07, 6.45) is 4.42. The lowest BCUT2D eigenvalue weighted by Gasteiger charge is -2.13. The molecule has 0 atom stereocenters. The molecule has 2 aromatic heterocycles. The molecule has 3 aromatic rings. The van der Waals surface area contributed by atoms with Crippen LogP contribution in [0.4, 0.5) is 0 Å². The van der Waals surface area contributed by atoms with Crippen molar-refractivity contribution in [1.29, 1.82) is 0 Å². The fourth-order valence-electron chi connectivity index (χ4n) is 2.99. The minimum atomic E-state index is 0. The van der Waals surface area contributed by atoms with Crippen LogP contribution >= 0.6 is 24.0 Å². The van der Waals surface area contributed by atoms with E-state index in [0.29, 0.717) is 13.1 Å². The van der Waals surface area contributed by atoms with Crippen molar-refractivity contribution >= 4 is 29.9 Å². The Morgan fingerprint density at radius 1 is 1.07 bits per heavy atom. The number of pyridine rings is 1. The molecule has 0 saturated carbocycles. The van der Waals surface area contributed by atoms with Crippen LogP contribution in [0.2, 0.25) is 0 Å². The van der Waals surface area contributed by atoms with E-state index < -0.39 is 0 Å². The Morgan fingerprint density at radius 2 is 1.83 bits per heavy atom. The Balaban J connectivity index is 0.00000320. The van der Waals surface area contributed by atoms with Crippen LogP contribution < -0.4 is 16.2 Å². The predicted molar refractivity (Wildman–Crippen MR) is 129 cm³/mol. The Morgan fingerprint density at radius 3 is 2.53 bits per heavy atom. The van der Waals surface area contributed by atoms with Crippen LogP contribution in [0.25, 0.3) is 0 Å². The Labute approximate surface area is 193 Å². The average molecular weight is 521 g/mol. The predicted octanol–water partition coefficient (Wildman–Crippen LogP) is 2.03. The van der Waals surface area contributed by atoms with Crippen molar-refractivity contribution in [2.24, 2.45) is 4.99 Å². The first-order chi connectivity index (χ1) is 14.2. The third kappa shape index (κ3) is 6.68. The second-order valence-electron chi connectivity index (χ2n) is 6.63. The molecule has 0 bridgehead atoms. The molecule has 8 nitrogen and oxygen atoms in total. The highest BCUT2D eigenvalue weighted by Gasteiger charge is 2.03. The number of hydrogen-bond donors (Lipinski definition) is 2. The summed E-state index contributed by atoms with van der Waals surface area (Å²) >= 11 is 0. The number of nitrogens with zero attached hydrogens (tertiary/aromatic N) is 5. The summed E-state index contributed by atoms with van der Waals surface area (Å²) in [7, 11) is 1.76. The van der Waals surface area contributed by atoms with Gasteiger partial charge in [0.2, 0.25) is 0 Å². The molecule has 0 saturated heterocycles. The molecule has 0 aliphatic rings. The van der Waals surface area contributed by atoms with Crippen molar-refractivity contribution in [3.05, 3.63) is 82.3 Å². The third-order valence-corrected chi connectivity index (χ3v) is 4.62. The smallest absolute Gasteiger partial charge is 0.250 e. The fourth-order valence-corrected chi connectivity index (χ4v) is 2.99. The summed E-state index contributed by atoms with van der Waals surface area (Å²) in [4.78, 5) is 16.1. The molecule has 2 heterocycles. The molecule has 0 fully saturated rings. The maximum Gasteiger partial charge on any atom is 0.250 e. The summed E-state index contributed by atoms with van der Waals surface area (Å²) in [6, 6.07) is 13.4. The molecule has 0 aliphatic carbocycles. The Hall–Kier alpha value is -2.69. The number of benzene rings is 1. The van der Waals surface area contributed by atoms with Gasteiger partial charge in [-0.2, -0.15) is 0 Å². The number of guanidine groups is 1. The largest absolute Gasteiger partial charge is 0.355 e. The van der Waals surface area contributed by atoms with Crippen LogP contribution in [0.1, 0.15) is 23.9 Å². The molecule has 0 aliphatic heterocycles. The molecule has 160 valence electrons. The van der Waals surface area contributed by atoms with Gasteiger partial charge in [-0.05, 0) is 17.2 Å². The van der Waals surface area contributed by atoms with E-state index in [4.69, 9.17) is 0 Å². The molecule has 2 N–H and O–H groups in total. The first-order valence-corrected chi connectivity index (χ1v) is 9.74. The molecule has 9 heteroatoms. The zero-order valence-corrected chi connectivity index (χ0v) is 19.6. The van der Waals surface area contributed by atoms with Gasteiger partial charge in [0.15, 0.2) is 5.96 Å². The van der Waals surface area contributed by atoms with E-state index in [-0.39, 0.29) is 29.5 Å². The molecule has 3 rings (SSSR count). The van der Waals surface area contributed by atoms with E-state index in [1.807, 2.05) is 22.8 Å². The lowest BCUT2D eigenvalue weighted by atomic mass is 10.1. The molecular formula is C21H28IN7O. The van der Waals surface area contributed by atoms with Crippen molar-refractivity contribution in [2.75, 3.05) is 13.6 Å². The number of aryl methyl sites for hydroxylation is 1. The van der Waals surface area contributed by atoms with Gasteiger partial charge in [-0.25, -0.2) is 0 Å². The number of aliphatic imine (C=N–C) groups is 1. The van der Waals surface area contributed by atoms with Crippen LogP contribution in [0.3, 0.4) is 0 Å². The summed E-state index contributed by atoms with van der Waals surface area (Å²) in [5.74, 6) is 1.73. The van der Waals surface area contributed by atoms with E-state index in [0.717, 1.165) is 42.4 Å². The quantitative estimate of drug-likeness (QED) is 0.269. The molecular weight excluding hydrogens is 493 g/mol. The Kier molecular flexibility index (Phi) is 9.52. The molecule has 30 heavy (non-hydrogen) atoms. The second kappa shape index (κ2) is 12.1. The van der Waals surface area contributed by atoms with Crippen molar-refractivity contribution in [2.45, 2.75) is 33.0 Å². The van der Waals surface area contributed by atoms with Crippen LogP contribution in [-0.4, -0.2) is 38.9 Å². The van der Waals surface area contributed by atoms with Crippen molar-refractivity contribution < 1.29 is 0 Å². The lowest BCUT2D eigenvalue weighted by Crippen LogP contribution is -2.38. The molecule has 0 spiro atoms. The normalized spacial score (nSPS) is 11.1. The van der Waals surface area contributed by atoms with Gasteiger partial charge in [-0.3, -0.25) is 9.79 Å². The fraction of sp³-hybridized carbons (Fsp3) is 0.333. The van der Waals surface area contributed by atoms with E-state index in [2.05, 4.69) is 44.9 Å². The third-order valence-electron chi connectivity index (χ3n) is 4.62. The van der Waals surface area contributed by atoms with Crippen LogP contribution in [0, 0.1) is 0 Å². The number of halogens is 1. The van der Waals surface area contributed by atoms with Gasteiger partial charge >= 0.3 is 0 Å². The van der Waals surface area contributed by atoms with Gasteiger partial charge in [0.25, 0.3) is 5.56 Å². The van der Waals surface area contributed by atoms with Crippen molar-refractivity contribution in [3.63, 3.8) is 0 Å². The highest BCUT2D eigenvalue weighted by atomic mass is 127. The summed E-state index contributed by atoms with van der Waals surface area (Å²) in [5, 5.41) is 14.7. The Bertz CT molecular complexity index is 995. The first-order valence-electron chi connectivity index (χ1n) is 9.74. The number of hydrogen-bond acceptors (Lipinski definition) is 4. The summed E-state index contributed by atoms with van der Waals surface area (Å²) in [6.45, 7) is 4.81. The SMILES string of the molecule is CCc1nncn1CCNC(=NC)NCc1ccc(Cn2ccccc2=O)cc1.I. The monoisotopic (exact) mass is 521 g/mol. The van der Waals surface area contributed by atoms with E-state index in [1.165, 1.54) is 0 Å². The van der Waals surface area contributed by atoms with Crippen molar-refractivity contribution in [1.82, 2.24) is 30.0 Å². The number of aromatic nitrogens is 4. The zero-order valence-electron chi connectivity index (χ0n) is 17.3. The second-order valence-corrected chi connectivity index (χ2v) is 6.63. The first kappa shape index (κ1) is 23.6. The average Bonchev–Trinajstić information content (AvgIpc) is 3.21. The van der Waals surface area contributed by atoms with E-state index >= 15 is 0 Å². The zero-order chi connectivity index (χ0) is 20.5. The highest BCUT2D eigenvalue weighted by Crippen LogP contribution is 2.05. The van der Waals surface area contributed by atoms with Crippen LogP contribution in [-0.2, 0) is 26.1 Å². The molecule has 0 amide bonds. The number of rotatable bonds is 8. The molecule has 0 radical (unpaired) electrons. The highest BCUT2D eigenvalue weighted by molar-refractivity contribution is 14.0. The minimum Gasteiger partial charge on any atom is -0.355 e. The maximum atomic E-state index is 11.8. The van der Waals surface area contributed by atoms with Gasteiger partial charge in [0, 0.05) is 45.4 Å². The van der Waals surface area contributed by atoms with Crippen LogP contribution in [0.5, 0.6) is 0 Å². The topological polar surface area (TPSA) is 89.1 Å². The van der Waals surface area contributed by atoms with Gasteiger partial charge in [-0.1, -0.05) is 37.3 Å². The number of nitrogens with one attached hydrogen (secondary N) is 2. The van der Waals surface area contributed by atoms with E-state index in [9.17, 15) is 4.79 Å². The molecule has 0 unspecified atom stereocenters.